The number of imidazole rings is 1. The molecule has 6 nitrogen and oxygen atoms in total. The first-order chi connectivity index (χ1) is 13.7. The van der Waals surface area contributed by atoms with Crippen molar-refractivity contribution in [3.8, 4) is 0 Å². The van der Waals surface area contributed by atoms with Crippen LogP contribution in [-0.2, 0) is 13.6 Å². The fraction of sp³-hybridized carbons (Fsp3) is 0.0952. The molecule has 4 rings (SSSR count). The summed E-state index contributed by atoms with van der Waals surface area (Å²) in [4.78, 5) is 17.8. The van der Waals surface area contributed by atoms with E-state index >= 15 is 0 Å². The second-order valence-corrected chi connectivity index (χ2v) is 7.34. The monoisotopic (exact) mass is 389 g/mol. The molecule has 140 valence electrons. The predicted molar refractivity (Wildman–Crippen MR) is 109 cm³/mol. The van der Waals surface area contributed by atoms with Crippen LogP contribution in [0.25, 0.3) is 0 Å². The molecule has 0 bridgehead atoms. The van der Waals surface area contributed by atoms with E-state index in [4.69, 9.17) is 0 Å². The molecule has 0 aliphatic rings. The number of nitrogens with one attached hydrogen (secondary N) is 1. The molecule has 1 amide bonds. The molecule has 7 heteroatoms. The fourth-order valence-corrected chi connectivity index (χ4v) is 3.51. The van der Waals surface area contributed by atoms with Crippen molar-refractivity contribution in [1.29, 1.82) is 0 Å². The van der Waals surface area contributed by atoms with Crippen LogP contribution >= 0.6 is 11.8 Å². The van der Waals surface area contributed by atoms with E-state index in [-0.39, 0.29) is 5.91 Å². The molecular weight excluding hydrogens is 370 g/mol. The third-order valence-electron chi connectivity index (χ3n) is 4.22. The van der Waals surface area contributed by atoms with Crippen molar-refractivity contribution >= 4 is 23.4 Å². The molecular formula is C21H19N5OS. The standard InChI is InChI=1S/C21H19N5OS/c1-25-14-12-22-21(25)28-19-9-7-18(8-10-19)24-20(27)17-5-3-16(4-6-17)15-26-13-2-11-23-26/h2-14H,15H2,1H3,(H,24,27). The number of nitrogens with zero attached hydrogens (tertiary/aromatic N) is 4. The van der Waals surface area contributed by atoms with E-state index in [1.807, 2.05) is 83.3 Å². The molecule has 28 heavy (non-hydrogen) atoms. The highest BCUT2D eigenvalue weighted by Gasteiger charge is 2.07. The summed E-state index contributed by atoms with van der Waals surface area (Å²) in [6.45, 7) is 0.685. The molecule has 0 saturated heterocycles. The fourth-order valence-electron chi connectivity index (χ4n) is 2.71. The molecule has 0 spiro atoms. The molecule has 0 saturated carbocycles. The molecule has 0 aliphatic heterocycles. The predicted octanol–water partition coefficient (Wildman–Crippen LogP) is 4.07. The summed E-state index contributed by atoms with van der Waals surface area (Å²) < 4.78 is 3.82. The van der Waals surface area contributed by atoms with Gasteiger partial charge in [0.1, 0.15) is 0 Å². The van der Waals surface area contributed by atoms with Crippen LogP contribution in [0.3, 0.4) is 0 Å². The number of benzene rings is 2. The zero-order valence-electron chi connectivity index (χ0n) is 15.3. The zero-order valence-corrected chi connectivity index (χ0v) is 16.1. The second-order valence-electron chi connectivity index (χ2n) is 6.30. The van der Waals surface area contributed by atoms with Crippen LogP contribution in [0.4, 0.5) is 5.69 Å². The Hall–Kier alpha value is -3.32. The molecule has 0 fully saturated rings. The summed E-state index contributed by atoms with van der Waals surface area (Å²) in [5.74, 6) is -0.129. The van der Waals surface area contributed by atoms with Gasteiger partial charge >= 0.3 is 0 Å². The van der Waals surface area contributed by atoms with Crippen LogP contribution in [0.1, 0.15) is 15.9 Å². The summed E-state index contributed by atoms with van der Waals surface area (Å²) in [6.07, 6.45) is 7.35. The van der Waals surface area contributed by atoms with Crippen molar-refractivity contribution in [2.75, 3.05) is 5.32 Å². The van der Waals surface area contributed by atoms with E-state index < -0.39 is 0 Å². The van der Waals surface area contributed by atoms with Crippen LogP contribution in [0.5, 0.6) is 0 Å². The number of rotatable bonds is 6. The lowest BCUT2D eigenvalue weighted by molar-refractivity contribution is 0.102. The topological polar surface area (TPSA) is 64.7 Å². The van der Waals surface area contributed by atoms with Crippen LogP contribution in [0, 0.1) is 0 Å². The second kappa shape index (κ2) is 8.14. The van der Waals surface area contributed by atoms with E-state index in [2.05, 4.69) is 15.4 Å². The van der Waals surface area contributed by atoms with E-state index in [0.29, 0.717) is 12.1 Å². The first-order valence-electron chi connectivity index (χ1n) is 8.80. The van der Waals surface area contributed by atoms with Gasteiger partial charge in [0.15, 0.2) is 5.16 Å². The summed E-state index contributed by atoms with van der Waals surface area (Å²) >= 11 is 1.58. The van der Waals surface area contributed by atoms with E-state index in [1.165, 1.54) is 0 Å². The molecule has 0 radical (unpaired) electrons. The third kappa shape index (κ3) is 4.32. The molecule has 0 unspecified atom stereocenters. The van der Waals surface area contributed by atoms with Gasteiger partial charge in [-0.2, -0.15) is 5.10 Å². The van der Waals surface area contributed by atoms with Gasteiger partial charge in [-0.15, -0.1) is 0 Å². The molecule has 2 aromatic heterocycles. The number of carbonyl (C=O) groups excluding carboxylic acids is 1. The quantitative estimate of drug-likeness (QED) is 0.540. The number of carbonyl (C=O) groups is 1. The van der Waals surface area contributed by atoms with Crippen molar-refractivity contribution in [1.82, 2.24) is 19.3 Å². The number of aryl methyl sites for hydroxylation is 1. The van der Waals surface area contributed by atoms with Crippen molar-refractivity contribution in [2.24, 2.45) is 7.05 Å². The zero-order chi connectivity index (χ0) is 19.3. The van der Waals surface area contributed by atoms with E-state index in [1.54, 1.807) is 24.2 Å². The highest BCUT2D eigenvalue weighted by Crippen LogP contribution is 2.26. The number of hydrogen-bond acceptors (Lipinski definition) is 4. The highest BCUT2D eigenvalue weighted by molar-refractivity contribution is 7.99. The Balaban J connectivity index is 1.37. The first-order valence-corrected chi connectivity index (χ1v) is 9.62. The van der Waals surface area contributed by atoms with Crippen molar-refractivity contribution in [2.45, 2.75) is 16.6 Å². The first kappa shape index (κ1) is 18.1. The molecule has 4 aromatic rings. The van der Waals surface area contributed by atoms with Crippen LogP contribution < -0.4 is 5.32 Å². The Morgan fingerprint density at radius 2 is 1.82 bits per heavy atom. The lowest BCUT2D eigenvalue weighted by Crippen LogP contribution is -2.12. The summed E-state index contributed by atoms with van der Waals surface area (Å²) in [6, 6.07) is 17.2. The SMILES string of the molecule is Cn1ccnc1Sc1ccc(NC(=O)c2ccc(Cn3cccn3)cc2)cc1. The minimum Gasteiger partial charge on any atom is -0.329 e. The molecule has 1 N–H and O–H groups in total. The van der Waals surface area contributed by atoms with Gasteiger partial charge in [-0.25, -0.2) is 4.98 Å². The minimum atomic E-state index is -0.129. The number of anilines is 1. The lowest BCUT2D eigenvalue weighted by atomic mass is 10.1. The average Bonchev–Trinajstić information content (AvgIpc) is 3.36. The molecule has 0 atom stereocenters. The maximum Gasteiger partial charge on any atom is 0.255 e. The van der Waals surface area contributed by atoms with Gasteiger partial charge in [-0.05, 0) is 48.0 Å². The van der Waals surface area contributed by atoms with Crippen LogP contribution in [-0.4, -0.2) is 25.2 Å². The van der Waals surface area contributed by atoms with Gasteiger partial charge in [-0.1, -0.05) is 23.9 Å². The number of hydrogen-bond donors (Lipinski definition) is 1. The smallest absolute Gasteiger partial charge is 0.255 e. The van der Waals surface area contributed by atoms with E-state index in [9.17, 15) is 4.79 Å². The number of amides is 1. The maximum absolute atomic E-state index is 12.5. The summed E-state index contributed by atoms with van der Waals surface area (Å²) in [5, 5.41) is 8.05. The van der Waals surface area contributed by atoms with Gasteiger partial charge < -0.3 is 9.88 Å². The largest absolute Gasteiger partial charge is 0.329 e. The average molecular weight is 389 g/mol. The minimum absolute atomic E-state index is 0.129. The third-order valence-corrected chi connectivity index (χ3v) is 5.30. The van der Waals surface area contributed by atoms with Gasteiger partial charge in [0.2, 0.25) is 0 Å². The van der Waals surface area contributed by atoms with Gasteiger partial charge in [0.05, 0.1) is 6.54 Å². The molecule has 2 heterocycles. The Morgan fingerprint density at radius 1 is 1.04 bits per heavy atom. The highest BCUT2D eigenvalue weighted by atomic mass is 32.2. The van der Waals surface area contributed by atoms with Gasteiger partial charge in [-0.3, -0.25) is 9.48 Å². The Bertz CT molecular complexity index is 1050. The molecule has 2 aromatic carbocycles. The summed E-state index contributed by atoms with van der Waals surface area (Å²) in [5.41, 5.74) is 2.47. The Labute approximate surface area is 167 Å². The van der Waals surface area contributed by atoms with Gasteiger partial charge in [0.25, 0.3) is 5.91 Å². The van der Waals surface area contributed by atoms with Crippen LogP contribution in [0.15, 0.2) is 89.4 Å². The van der Waals surface area contributed by atoms with Crippen molar-refractivity contribution in [3.05, 3.63) is 90.5 Å². The van der Waals surface area contributed by atoms with Gasteiger partial charge in [0, 0.05) is 48.0 Å². The Kier molecular flexibility index (Phi) is 5.25. The Morgan fingerprint density at radius 3 is 2.46 bits per heavy atom. The van der Waals surface area contributed by atoms with Crippen molar-refractivity contribution in [3.63, 3.8) is 0 Å². The normalized spacial score (nSPS) is 10.8. The van der Waals surface area contributed by atoms with Crippen LogP contribution in [0.2, 0.25) is 0 Å². The summed E-state index contributed by atoms with van der Waals surface area (Å²) in [7, 11) is 1.96. The maximum atomic E-state index is 12.5. The molecule has 0 aliphatic carbocycles. The van der Waals surface area contributed by atoms with E-state index in [0.717, 1.165) is 21.3 Å². The lowest BCUT2D eigenvalue weighted by Gasteiger charge is -2.08. The van der Waals surface area contributed by atoms with Crippen molar-refractivity contribution < 1.29 is 4.79 Å². The number of aromatic nitrogens is 4.